The third kappa shape index (κ3) is 4.49. The summed E-state index contributed by atoms with van der Waals surface area (Å²) in [5.41, 5.74) is -10.7. The second-order valence-electron chi connectivity index (χ2n) is 5.62. The molecule has 0 saturated carbocycles. The molecule has 29 heavy (non-hydrogen) atoms. The fraction of sp³-hybridized carbons (Fsp3) is 0.188. The van der Waals surface area contributed by atoms with Crippen LogP contribution in [0.3, 0.4) is 0 Å². The fourth-order valence-electron chi connectivity index (χ4n) is 2.40. The smallest absolute Gasteiger partial charge is 0.375 e. The number of halogens is 8. The number of aldehydes is 1. The molecule has 2 rings (SSSR count). The van der Waals surface area contributed by atoms with Crippen molar-refractivity contribution in [3.63, 3.8) is 0 Å². The largest absolute Gasteiger partial charge is 0.534 e. The van der Waals surface area contributed by atoms with Gasteiger partial charge in [-0.1, -0.05) is 0 Å². The van der Waals surface area contributed by atoms with E-state index in [1.165, 1.54) is 0 Å². The Morgan fingerprint density at radius 1 is 0.966 bits per heavy atom. The van der Waals surface area contributed by atoms with E-state index >= 15 is 0 Å². The van der Waals surface area contributed by atoms with Gasteiger partial charge in [0, 0.05) is 11.6 Å². The number of rotatable bonds is 4. The predicted octanol–water partition coefficient (Wildman–Crippen LogP) is 5.00. The van der Waals surface area contributed by atoms with E-state index in [9.17, 15) is 48.3 Å². The van der Waals surface area contributed by atoms with Gasteiger partial charge in [0.2, 0.25) is 0 Å². The van der Waals surface area contributed by atoms with Gasteiger partial charge in [-0.15, -0.1) is 0 Å². The van der Waals surface area contributed by atoms with Crippen LogP contribution in [0.15, 0.2) is 24.3 Å². The first-order chi connectivity index (χ1) is 13.1. The minimum Gasteiger partial charge on any atom is -0.375 e. The summed E-state index contributed by atoms with van der Waals surface area (Å²) in [6, 6.07) is 1.53. The molecule has 0 aromatic heterocycles. The van der Waals surface area contributed by atoms with Crippen molar-refractivity contribution < 1.29 is 52.5 Å². The second-order valence-corrected chi connectivity index (χ2v) is 7.16. The number of carbonyl (C=O) groups excluding carboxylic acids is 1. The van der Waals surface area contributed by atoms with E-state index < -0.39 is 61.4 Å². The number of hydrogen-bond donors (Lipinski definition) is 0. The van der Waals surface area contributed by atoms with Crippen LogP contribution < -0.4 is 4.18 Å². The molecule has 0 aliphatic rings. The number of hydrogen-bond acceptors (Lipinski definition) is 4. The first-order valence-electron chi connectivity index (χ1n) is 7.25. The maximum Gasteiger partial charge on any atom is 0.534 e. The minimum absolute atomic E-state index is 0.135. The van der Waals surface area contributed by atoms with Crippen molar-refractivity contribution in [1.29, 1.82) is 0 Å². The van der Waals surface area contributed by atoms with Crippen LogP contribution in [-0.2, 0) is 16.3 Å². The molecule has 0 bridgehead atoms. The topological polar surface area (TPSA) is 60.4 Å². The average Bonchev–Trinajstić information content (AvgIpc) is 2.52. The third-order valence-electron chi connectivity index (χ3n) is 3.57. The summed E-state index contributed by atoms with van der Waals surface area (Å²) < 4.78 is 131. The first kappa shape index (κ1) is 22.6. The van der Waals surface area contributed by atoms with Crippen LogP contribution in [0.2, 0.25) is 0 Å². The van der Waals surface area contributed by atoms with Gasteiger partial charge >= 0.3 is 21.8 Å². The molecular formula is C16H8F8O4S. The highest BCUT2D eigenvalue weighted by Gasteiger charge is 2.49. The summed E-state index contributed by atoms with van der Waals surface area (Å²) in [7, 11) is -6.31. The summed E-state index contributed by atoms with van der Waals surface area (Å²) in [6.07, 6.45) is -5.58. The van der Waals surface area contributed by atoms with Crippen molar-refractivity contribution in [2.24, 2.45) is 0 Å². The standard InChI is InChI=1S/C16H8F8O4S/c1-7-2-10(17)5-12(28-29(26,27)16(22,23)24)13(7)8-3-9(6-25)14(18)11(4-8)15(19,20)21/h2-6H,1H3. The van der Waals surface area contributed by atoms with Gasteiger partial charge < -0.3 is 4.18 Å². The van der Waals surface area contributed by atoms with Gasteiger partial charge in [-0.25, -0.2) is 8.78 Å². The van der Waals surface area contributed by atoms with Gasteiger partial charge in [-0.2, -0.15) is 34.8 Å². The molecule has 0 amide bonds. The van der Waals surface area contributed by atoms with Crippen LogP contribution in [0.1, 0.15) is 21.5 Å². The SMILES string of the molecule is Cc1cc(F)cc(OS(=O)(=O)C(F)(F)F)c1-c1cc(C=O)c(F)c(C(F)(F)F)c1. The molecule has 4 nitrogen and oxygen atoms in total. The zero-order valence-electron chi connectivity index (χ0n) is 14.0. The molecule has 0 heterocycles. The summed E-state index contributed by atoms with van der Waals surface area (Å²) in [5, 5.41) is 0. The fourth-order valence-corrected chi connectivity index (χ4v) is 2.86. The first-order valence-corrected chi connectivity index (χ1v) is 8.66. The quantitative estimate of drug-likeness (QED) is 0.286. The van der Waals surface area contributed by atoms with Crippen LogP contribution in [-0.4, -0.2) is 20.2 Å². The number of alkyl halides is 6. The number of carbonyl (C=O) groups is 1. The van der Waals surface area contributed by atoms with Gasteiger partial charge in [0.1, 0.15) is 11.6 Å². The molecule has 2 aromatic carbocycles. The monoisotopic (exact) mass is 448 g/mol. The molecule has 0 radical (unpaired) electrons. The lowest BCUT2D eigenvalue weighted by Crippen LogP contribution is -2.28. The maximum atomic E-state index is 13.9. The molecule has 0 aliphatic heterocycles. The zero-order valence-corrected chi connectivity index (χ0v) is 14.8. The Hall–Kier alpha value is -2.70. The highest BCUT2D eigenvalue weighted by atomic mass is 32.2. The third-order valence-corrected chi connectivity index (χ3v) is 4.53. The van der Waals surface area contributed by atoms with Crippen molar-refractivity contribution in [3.05, 3.63) is 52.6 Å². The minimum atomic E-state index is -6.31. The molecule has 0 atom stereocenters. The van der Waals surface area contributed by atoms with Crippen molar-refractivity contribution >= 4 is 16.4 Å². The number of benzene rings is 2. The molecular weight excluding hydrogens is 440 g/mol. The summed E-state index contributed by atoms with van der Waals surface area (Å²) in [4.78, 5) is 10.9. The van der Waals surface area contributed by atoms with E-state index in [0.29, 0.717) is 12.1 Å². The van der Waals surface area contributed by atoms with Gasteiger partial charge in [-0.3, -0.25) is 4.79 Å². The Kier molecular flexibility index (Phi) is 5.67. The van der Waals surface area contributed by atoms with Gasteiger partial charge in [0.25, 0.3) is 0 Å². The lowest BCUT2D eigenvalue weighted by Gasteiger charge is -2.17. The Bertz CT molecular complexity index is 1070. The Morgan fingerprint density at radius 3 is 2.03 bits per heavy atom. The summed E-state index contributed by atoms with van der Waals surface area (Å²) in [5.74, 6) is -4.50. The molecule has 0 aliphatic carbocycles. The van der Waals surface area contributed by atoms with Crippen LogP contribution >= 0.6 is 0 Å². The summed E-state index contributed by atoms with van der Waals surface area (Å²) in [6.45, 7) is 1.03. The van der Waals surface area contributed by atoms with Crippen LogP contribution in [0, 0.1) is 18.6 Å². The van der Waals surface area contributed by atoms with Gasteiger partial charge in [-0.05, 0) is 36.2 Å². The Labute approximate surface area is 157 Å². The molecule has 158 valence electrons. The van der Waals surface area contributed by atoms with Crippen molar-refractivity contribution in [1.82, 2.24) is 0 Å². The second kappa shape index (κ2) is 7.28. The lowest BCUT2D eigenvalue weighted by atomic mass is 9.95. The molecule has 0 N–H and O–H groups in total. The van der Waals surface area contributed by atoms with E-state index in [4.69, 9.17) is 0 Å². The van der Waals surface area contributed by atoms with E-state index in [1.54, 1.807) is 0 Å². The molecule has 0 spiro atoms. The molecule has 0 saturated heterocycles. The Balaban J connectivity index is 2.84. The number of aryl methyl sites for hydroxylation is 1. The van der Waals surface area contributed by atoms with Crippen molar-refractivity contribution in [3.8, 4) is 16.9 Å². The highest BCUT2D eigenvalue weighted by molar-refractivity contribution is 7.88. The Morgan fingerprint density at radius 2 is 1.55 bits per heavy atom. The van der Waals surface area contributed by atoms with E-state index in [0.717, 1.165) is 6.92 Å². The summed E-state index contributed by atoms with van der Waals surface area (Å²) >= 11 is 0. The normalized spacial score (nSPS) is 12.7. The maximum absolute atomic E-state index is 13.9. The van der Waals surface area contributed by atoms with E-state index in [2.05, 4.69) is 4.18 Å². The molecule has 0 unspecified atom stereocenters. The molecule has 0 fully saturated rings. The molecule has 2 aromatic rings. The van der Waals surface area contributed by atoms with Gasteiger partial charge in [0.05, 0.1) is 11.1 Å². The van der Waals surface area contributed by atoms with Crippen molar-refractivity contribution in [2.75, 3.05) is 0 Å². The van der Waals surface area contributed by atoms with E-state index in [1.807, 2.05) is 0 Å². The van der Waals surface area contributed by atoms with Crippen LogP contribution in [0.25, 0.3) is 11.1 Å². The van der Waals surface area contributed by atoms with Crippen LogP contribution in [0.4, 0.5) is 35.1 Å². The lowest BCUT2D eigenvalue weighted by molar-refractivity contribution is -0.140. The van der Waals surface area contributed by atoms with Crippen molar-refractivity contribution in [2.45, 2.75) is 18.6 Å². The van der Waals surface area contributed by atoms with Crippen LogP contribution in [0.5, 0.6) is 5.75 Å². The predicted molar refractivity (Wildman–Crippen MR) is 82.5 cm³/mol. The average molecular weight is 448 g/mol. The zero-order chi connectivity index (χ0) is 22.4. The highest BCUT2D eigenvalue weighted by Crippen LogP contribution is 2.41. The molecule has 13 heteroatoms. The van der Waals surface area contributed by atoms with Gasteiger partial charge in [0.15, 0.2) is 12.0 Å². The van der Waals surface area contributed by atoms with E-state index in [-0.39, 0.29) is 24.0 Å².